The number of nitrogens with two attached hydrogens (primary N) is 1. The van der Waals surface area contributed by atoms with Gasteiger partial charge in [0.15, 0.2) is 0 Å². The van der Waals surface area contributed by atoms with Crippen molar-refractivity contribution < 1.29 is 24.2 Å². The van der Waals surface area contributed by atoms with Crippen LogP contribution in [0.5, 0.6) is 0 Å². The molecular formula is C11H19N3O5. The van der Waals surface area contributed by atoms with Crippen LogP contribution in [-0.4, -0.2) is 78.1 Å². The van der Waals surface area contributed by atoms with Gasteiger partial charge in [-0.25, -0.2) is 0 Å². The van der Waals surface area contributed by atoms with Gasteiger partial charge >= 0.3 is 5.97 Å². The Balaban J connectivity index is 2.67. The first-order valence-electron chi connectivity index (χ1n) is 6.02. The van der Waals surface area contributed by atoms with Crippen LogP contribution in [-0.2, 0) is 19.1 Å². The van der Waals surface area contributed by atoms with Gasteiger partial charge in [-0.3, -0.25) is 19.3 Å². The number of carbonyl (C=O) groups excluding carboxylic acids is 2. The highest BCUT2D eigenvalue weighted by atomic mass is 16.5. The molecule has 1 aliphatic heterocycles. The molecule has 0 aromatic heterocycles. The van der Waals surface area contributed by atoms with Gasteiger partial charge in [0, 0.05) is 13.1 Å². The largest absolute Gasteiger partial charge is 0.480 e. The Morgan fingerprint density at radius 3 is 2.37 bits per heavy atom. The third-order valence-electron chi connectivity index (χ3n) is 2.93. The number of primary amides is 1. The zero-order valence-corrected chi connectivity index (χ0v) is 10.9. The van der Waals surface area contributed by atoms with Crippen LogP contribution in [0.3, 0.4) is 0 Å². The van der Waals surface area contributed by atoms with Gasteiger partial charge in [0.1, 0.15) is 0 Å². The van der Waals surface area contributed by atoms with Crippen LogP contribution in [0.4, 0.5) is 0 Å². The Morgan fingerprint density at radius 1 is 1.32 bits per heavy atom. The molecule has 1 heterocycles. The molecule has 0 aromatic rings. The number of ether oxygens (including phenoxy) is 1. The number of rotatable bonds is 6. The third kappa shape index (κ3) is 4.84. The SMILES string of the molecule is CC(C(=O)N1CCOCC1)N(CC(N)=O)CC(=O)O. The highest BCUT2D eigenvalue weighted by Crippen LogP contribution is 2.06. The molecular weight excluding hydrogens is 254 g/mol. The predicted octanol–water partition coefficient (Wildman–Crippen LogP) is -1.89. The lowest BCUT2D eigenvalue weighted by Gasteiger charge is -2.33. The highest BCUT2D eigenvalue weighted by molar-refractivity contribution is 5.84. The molecule has 0 saturated carbocycles. The molecule has 19 heavy (non-hydrogen) atoms. The maximum absolute atomic E-state index is 12.2. The van der Waals surface area contributed by atoms with E-state index in [4.69, 9.17) is 15.6 Å². The maximum Gasteiger partial charge on any atom is 0.317 e. The van der Waals surface area contributed by atoms with Gasteiger partial charge in [0.2, 0.25) is 11.8 Å². The molecule has 1 atom stereocenters. The van der Waals surface area contributed by atoms with E-state index in [1.807, 2.05) is 0 Å². The first-order valence-corrected chi connectivity index (χ1v) is 6.02. The van der Waals surface area contributed by atoms with Crippen molar-refractivity contribution in [2.24, 2.45) is 5.73 Å². The molecule has 0 aromatic carbocycles. The number of carbonyl (C=O) groups is 3. The number of morpholine rings is 1. The van der Waals surface area contributed by atoms with Crippen molar-refractivity contribution in [2.45, 2.75) is 13.0 Å². The molecule has 0 aliphatic carbocycles. The van der Waals surface area contributed by atoms with Crippen molar-refractivity contribution in [1.82, 2.24) is 9.80 Å². The molecule has 8 nitrogen and oxygen atoms in total. The summed E-state index contributed by atoms with van der Waals surface area (Å²) in [5.41, 5.74) is 5.07. The minimum Gasteiger partial charge on any atom is -0.480 e. The summed E-state index contributed by atoms with van der Waals surface area (Å²) in [4.78, 5) is 36.7. The highest BCUT2D eigenvalue weighted by Gasteiger charge is 2.29. The third-order valence-corrected chi connectivity index (χ3v) is 2.93. The van der Waals surface area contributed by atoms with E-state index in [1.165, 1.54) is 4.90 Å². The summed E-state index contributed by atoms with van der Waals surface area (Å²) in [6.07, 6.45) is 0. The fourth-order valence-electron chi connectivity index (χ4n) is 1.91. The molecule has 0 spiro atoms. The van der Waals surface area contributed by atoms with Gasteiger partial charge in [-0.1, -0.05) is 0 Å². The summed E-state index contributed by atoms with van der Waals surface area (Å²) in [5, 5.41) is 8.80. The number of hydrogen-bond acceptors (Lipinski definition) is 5. The maximum atomic E-state index is 12.2. The van der Waals surface area contributed by atoms with Crippen molar-refractivity contribution in [3.05, 3.63) is 0 Å². The van der Waals surface area contributed by atoms with Crippen molar-refractivity contribution in [1.29, 1.82) is 0 Å². The van der Waals surface area contributed by atoms with Gasteiger partial charge in [0.05, 0.1) is 32.3 Å². The second kappa shape index (κ2) is 7.05. The second-order valence-electron chi connectivity index (χ2n) is 4.38. The molecule has 1 aliphatic rings. The van der Waals surface area contributed by atoms with E-state index in [0.717, 1.165) is 0 Å². The topological polar surface area (TPSA) is 113 Å². The molecule has 0 bridgehead atoms. The summed E-state index contributed by atoms with van der Waals surface area (Å²) in [7, 11) is 0. The zero-order valence-electron chi connectivity index (χ0n) is 10.9. The Labute approximate surface area is 111 Å². The second-order valence-corrected chi connectivity index (χ2v) is 4.38. The first kappa shape index (κ1) is 15.4. The number of carboxylic acids is 1. The number of hydrogen-bond donors (Lipinski definition) is 2. The summed E-state index contributed by atoms with van der Waals surface area (Å²) in [6.45, 7) is 2.79. The van der Waals surface area contributed by atoms with Gasteiger partial charge in [-0.15, -0.1) is 0 Å². The molecule has 1 saturated heterocycles. The molecule has 108 valence electrons. The minimum atomic E-state index is -1.11. The van der Waals surface area contributed by atoms with E-state index in [1.54, 1.807) is 11.8 Å². The number of aliphatic carboxylic acids is 1. The number of carboxylic acid groups (broad SMARTS) is 1. The van der Waals surface area contributed by atoms with Crippen LogP contribution >= 0.6 is 0 Å². The van der Waals surface area contributed by atoms with Gasteiger partial charge < -0.3 is 20.5 Å². The van der Waals surface area contributed by atoms with Gasteiger partial charge in [-0.2, -0.15) is 0 Å². The van der Waals surface area contributed by atoms with Crippen molar-refractivity contribution in [2.75, 3.05) is 39.4 Å². The average Bonchev–Trinajstić information content (AvgIpc) is 2.36. The van der Waals surface area contributed by atoms with E-state index >= 15 is 0 Å². The van der Waals surface area contributed by atoms with E-state index in [9.17, 15) is 14.4 Å². The van der Waals surface area contributed by atoms with Gasteiger partial charge in [0.25, 0.3) is 0 Å². The molecule has 3 N–H and O–H groups in total. The van der Waals surface area contributed by atoms with Crippen LogP contribution in [0, 0.1) is 0 Å². The number of amides is 2. The minimum absolute atomic E-state index is 0.217. The fourth-order valence-corrected chi connectivity index (χ4v) is 1.91. The molecule has 1 unspecified atom stereocenters. The van der Waals surface area contributed by atoms with E-state index < -0.39 is 24.5 Å². The first-order chi connectivity index (χ1) is 8.91. The standard InChI is InChI=1S/C11H19N3O5/c1-8(11(18)13-2-4-19-5-3-13)14(6-9(12)15)7-10(16)17/h8H,2-7H2,1H3,(H2,12,15)(H,16,17). The summed E-state index contributed by atoms with van der Waals surface area (Å²) < 4.78 is 5.14. The zero-order chi connectivity index (χ0) is 14.4. The fraction of sp³-hybridized carbons (Fsp3) is 0.727. The lowest BCUT2D eigenvalue weighted by atomic mass is 10.2. The molecule has 1 fully saturated rings. The summed E-state index contributed by atoms with van der Waals surface area (Å²) in [5.74, 6) is -1.99. The lowest BCUT2D eigenvalue weighted by molar-refractivity contribution is -0.144. The van der Waals surface area contributed by atoms with Crippen molar-refractivity contribution >= 4 is 17.8 Å². The van der Waals surface area contributed by atoms with Crippen LogP contribution in [0.1, 0.15) is 6.92 Å². The van der Waals surface area contributed by atoms with E-state index in [2.05, 4.69) is 0 Å². The van der Waals surface area contributed by atoms with Crippen LogP contribution in [0.2, 0.25) is 0 Å². The van der Waals surface area contributed by atoms with E-state index in [-0.39, 0.29) is 12.5 Å². The lowest BCUT2D eigenvalue weighted by Crippen LogP contribution is -2.53. The Kier molecular flexibility index (Phi) is 5.71. The smallest absolute Gasteiger partial charge is 0.317 e. The molecule has 8 heteroatoms. The van der Waals surface area contributed by atoms with Crippen molar-refractivity contribution in [3.63, 3.8) is 0 Å². The van der Waals surface area contributed by atoms with Crippen molar-refractivity contribution in [3.8, 4) is 0 Å². The Hall–Kier alpha value is -1.67. The summed E-state index contributed by atoms with van der Waals surface area (Å²) in [6, 6.07) is -0.707. The summed E-state index contributed by atoms with van der Waals surface area (Å²) >= 11 is 0. The molecule has 2 amide bonds. The van der Waals surface area contributed by atoms with Crippen LogP contribution in [0.25, 0.3) is 0 Å². The van der Waals surface area contributed by atoms with Crippen LogP contribution in [0.15, 0.2) is 0 Å². The Bertz CT molecular complexity index is 338. The molecule has 0 radical (unpaired) electrons. The predicted molar refractivity (Wildman–Crippen MR) is 65.3 cm³/mol. The van der Waals surface area contributed by atoms with E-state index in [0.29, 0.717) is 26.3 Å². The average molecular weight is 273 g/mol. The normalized spacial score (nSPS) is 17.3. The molecule has 1 rings (SSSR count). The Morgan fingerprint density at radius 2 is 1.89 bits per heavy atom. The van der Waals surface area contributed by atoms with Crippen LogP contribution < -0.4 is 5.73 Å². The monoisotopic (exact) mass is 273 g/mol. The van der Waals surface area contributed by atoms with Gasteiger partial charge in [-0.05, 0) is 6.92 Å². The number of nitrogens with zero attached hydrogens (tertiary/aromatic N) is 2. The quantitative estimate of drug-likeness (QED) is 0.585.